The van der Waals surface area contributed by atoms with Gasteiger partial charge in [0.15, 0.2) is 0 Å². The molecule has 1 aliphatic heterocycles. The molecule has 2 heterocycles. The van der Waals surface area contributed by atoms with Gasteiger partial charge in [0, 0.05) is 33.3 Å². The van der Waals surface area contributed by atoms with Crippen molar-refractivity contribution >= 4 is 29.7 Å². The average Bonchev–Trinajstić information content (AvgIpc) is 2.86. The highest BCUT2D eigenvalue weighted by Gasteiger charge is 2.35. The molecule has 0 radical (unpaired) electrons. The Hall–Kier alpha value is -3.83. The molecule has 1 aromatic carbocycles. The lowest BCUT2D eigenvalue weighted by molar-refractivity contribution is -0.138. The van der Waals surface area contributed by atoms with E-state index in [-0.39, 0.29) is 42.9 Å². The first-order chi connectivity index (χ1) is 17.9. The minimum absolute atomic E-state index is 0.00440. The number of halogens is 3. The summed E-state index contributed by atoms with van der Waals surface area (Å²) >= 11 is 0. The lowest BCUT2D eigenvalue weighted by Crippen LogP contribution is -2.43. The maximum absolute atomic E-state index is 13.6. The van der Waals surface area contributed by atoms with Crippen LogP contribution >= 0.6 is 0 Å². The monoisotopic (exact) mass is 531 g/mol. The minimum Gasteiger partial charge on any atom is -0.369 e. The van der Waals surface area contributed by atoms with Gasteiger partial charge in [-0.05, 0) is 43.7 Å². The van der Waals surface area contributed by atoms with E-state index in [1.807, 2.05) is 7.05 Å². The number of hydrogen-bond donors (Lipinski definition) is 1. The highest BCUT2D eigenvalue weighted by atomic mass is 19.4. The van der Waals surface area contributed by atoms with E-state index in [0.717, 1.165) is 24.6 Å². The first-order valence-corrected chi connectivity index (χ1v) is 12.3. The van der Waals surface area contributed by atoms with Crippen LogP contribution in [0.1, 0.15) is 49.1 Å². The molecule has 9 nitrogen and oxygen atoms in total. The predicted octanol–water partition coefficient (Wildman–Crippen LogP) is 3.33. The molecule has 2 amide bonds. The number of alkyl halides is 3. The number of hydrazone groups is 1. The van der Waals surface area contributed by atoms with Crippen molar-refractivity contribution in [2.75, 3.05) is 20.1 Å². The molecule has 3 rings (SSSR count). The number of aryl methyl sites for hydroxylation is 2. The normalized spacial score (nSPS) is 15.2. The van der Waals surface area contributed by atoms with Gasteiger partial charge in [-0.3, -0.25) is 14.6 Å². The van der Waals surface area contributed by atoms with Crippen molar-refractivity contribution in [3.63, 3.8) is 0 Å². The lowest BCUT2D eigenvalue weighted by Gasteiger charge is -2.34. The molecule has 2 N–H and O–H groups in total. The molecule has 0 atom stereocenters. The number of amides is 2. The van der Waals surface area contributed by atoms with Crippen LogP contribution in [0, 0.1) is 0 Å². The van der Waals surface area contributed by atoms with Crippen LogP contribution in [-0.4, -0.2) is 69.8 Å². The first-order valence-electron chi connectivity index (χ1n) is 12.3. The molecule has 0 aliphatic carbocycles. The highest BCUT2D eigenvalue weighted by Crippen LogP contribution is 2.32. The molecule has 0 unspecified atom stereocenters. The summed E-state index contributed by atoms with van der Waals surface area (Å²) in [5.74, 6) is -0.556. The largest absolute Gasteiger partial charge is 0.419 e. The number of piperidine rings is 1. The van der Waals surface area contributed by atoms with Gasteiger partial charge in [-0.2, -0.15) is 18.3 Å². The lowest BCUT2D eigenvalue weighted by atomic mass is 9.98. The summed E-state index contributed by atoms with van der Waals surface area (Å²) in [6, 6.07) is 7.16. The van der Waals surface area contributed by atoms with Gasteiger partial charge < -0.3 is 10.6 Å². The second kappa shape index (κ2) is 12.6. The number of aromatic nitrogens is 2. The smallest absolute Gasteiger partial charge is 0.369 e. The van der Waals surface area contributed by atoms with Crippen LogP contribution in [0.2, 0.25) is 0 Å². The third kappa shape index (κ3) is 8.09. The van der Waals surface area contributed by atoms with Crippen LogP contribution in [0.25, 0.3) is 0 Å². The number of hydrogen-bond acceptors (Lipinski definition) is 7. The average molecular weight is 532 g/mol. The molecule has 1 aromatic heterocycles. The number of nitrogens with two attached hydrogens (primary N) is 1. The fraction of sp³-hybridized carbons (Fsp3) is 0.462. The molecule has 0 spiro atoms. The zero-order valence-electron chi connectivity index (χ0n) is 21.7. The maximum atomic E-state index is 13.6. The van der Waals surface area contributed by atoms with Gasteiger partial charge in [0.25, 0.3) is 0 Å². The maximum Gasteiger partial charge on any atom is 0.419 e. The molecular weight excluding hydrogens is 499 g/mol. The molecule has 204 valence electrons. The number of benzene rings is 1. The number of rotatable bonds is 9. The molecule has 2 aromatic rings. The van der Waals surface area contributed by atoms with Crippen molar-refractivity contribution < 1.29 is 22.8 Å². The quantitative estimate of drug-likeness (QED) is 0.394. The van der Waals surface area contributed by atoms with E-state index in [4.69, 9.17) is 5.73 Å². The molecule has 1 saturated heterocycles. The van der Waals surface area contributed by atoms with Gasteiger partial charge in [0.1, 0.15) is 0 Å². The van der Waals surface area contributed by atoms with Crippen LogP contribution in [0.5, 0.6) is 0 Å². The SMILES string of the molecule is CC(=O)N1CCC(N(C)N=CC(C)=Nc2ncc(C(F)(F)F)c(CCc3ccccc3CC(N)=O)n2)CC1. The Morgan fingerprint density at radius 3 is 2.42 bits per heavy atom. The predicted molar refractivity (Wildman–Crippen MR) is 138 cm³/mol. The van der Waals surface area contributed by atoms with E-state index in [1.54, 1.807) is 48.0 Å². The number of carbonyl (C=O) groups excluding carboxylic acids is 2. The summed E-state index contributed by atoms with van der Waals surface area (Å²) < 4.78 is 40.9. The van der Waals surface area contributed by atoms with Crippen LogP contribution in [0.15, 0.2) is 40.6 Å². The van der Waals surface area contributed by atoms with Crippen molar-refractivity contribution in [3.05, 3.63) is 52.8 Å². The molecule has 0 saturated carbocycles. The number of primary amides is 1. The summed E-state index contributed by atoms with van der Waals surface area (Å²) in [6.45, 7) is 4.56. The van der Waals surface area contributed by atoms with Crippen LogP contribution in [0.4, 0.5) is 19.1 Å². The van der Waals surface area contributed by atoms with Gasteiger partial charge in [-0.25, -0.2) is 15.0 Å². The van der Waals surface area contributed by atoms with Crippen LogP contribution in [-0.2, 0) is 35.0 Å². The molecule has 12 heteroatoms. The Morgan fingerprint density at radius 1 is 1.16 bits per heavy atom. The molecular formula is C26H32F3N7O2. The second-order valence-electron chi connectivity index (χ2n) is 9.25. The zero-order chi connectivity index (χ0) is 27.9. The molecule has 1 fully saturated rings. The summed E-state index contributed by atoms with van der Waals surface area (Å²) in [7, 11) is 1.83. The Bertz CT molecular complexity index is 1210. The topological polar surface area (TPSA) is 117 Å². The van der Waals surface area contributed by atoms with E-state index < -0.39 is 17.6 Å². The highest BCUT2D eigenvalue weighted by molar-refractivity contribution is 6.29. The number of nitrogens with zero attached hydrogens (tertiary/aromatic N) is 6. The van der Waals surface area contributed by atoms with Gasteiger partial charge >= 0.3 is 6.18 Å². The molecule has 0 bridgehead atoms. The van der Waals surface area contributed by atoms with Crippen molar-refractivity contribution in [1.82, 2.24) is 19.9 Å². The fourth-order valence-electron chi connectivity index (χ4n) is 4.31. The summed E-state index contributed by atoms with van der Waals surface area (Å²) in [4.78, 5) is 36.8. The van der Waals surface area contributed by atoms with Gasteiger partial charge in [0.2, 0.25) is 17.8 Å². The van der Waals surface area contributed by atoms with E-state index >= 15 is 0 Å². The second-order valence-corrected chi connectivity index (χ2v) is 9.25. The van der Waals surface area contributed by atoms with Crippen molar-refractivity contribution in [3.8, 4) is 0 Å². The van der Waals surface area contributed by atoms with Gasteiger partial charge in [-0.1, -0.05) is 24.3 Å². The third-order valence-corrected chi connectivity index (χ3v) is 6.42. The Morgan fingerprint density at radius 2 is 1.82 bits per heavy atom. The Labute approximate surface area is 219 Å². The summed E-state index contributed by atoms with van der Waals surface area (Å²) in [6.07, 6.45) is -0.570. The van der Waals surface area contributed by atoms with Crippen molar-refractivity contribution in [2.45, 2.75) is 58.2 Å². The summed E-state index contributed by atoms with van der Waals surface area (Å²) in [5.41, 5.74) is 6.02. The first kappa shape index (κ1) is 28.7. The van der Waals surface area contributed by atoms with Crippen molar-refractivity contribution in [2.24, 2.45) is 15.8 Å². The van der Waals surface area contributed by atoms with E-state index in [9.17, 15) is 22.8 Å². The van der Waals surface area contributed by atoms with Crippen LogP contribution in [0.3, 0.4) is 0 Å². The molecule has 1 aliphatic rings. The Balaban J connectivity index is 1.74. The summed E-state index contributed by atoms with van der Waals surface area (Å²) in [5, 5.41) is 6.21. The van der Waals surface area contributed by atoms with Crippen LogP contribution < -0.4 is 5.73 Å². The van der Waals surface area contributed by atoms with E-state index in [2.05, 4.69) is 20.1 Å². The van der Waals surface area contributed by atoms with Gasteiger partial charge in [-0.15, -0.1) is 0 Å². The number of likely N-dealkylation sites (tertiary alicyclic amines) is 1. The standard InChI is InChI=1S/C26H32F3N7O2/c1-17(15-32-35(3)21-10-12-36(13-11-21)18(2)37)33-25-31-16-22(26(27,28)29)23(34-25)9-8-19-6-4-5-7-20(19)14-24(30)38/h4-7,15-16,21H,8-14H2,1-3H3,(H2,30,38). The third-order valence-electron chi connectivity index (χ3n) is 6.42. The number of carbonyl (C=O) groups is 2. The minimum atomic E-state index is -4.62. The van der Waals surface area contributed by atoms with Gasteiger partial charge in [0.05, 0.1) is 35.6 Å². The van der Waals surface area contributed by atoms with Crippen molar-refractivity contribution in [1.29, 1.82) is 0 Å². The number of aliphatic imine (C=N–C) groups is 1. The fourth-order valence-corrected chi connectivity index (χ4v) is 4.31. The zero-order valence-corrected chi connectivity index (χ0v) is 21.7. The Kier molecular flexibility index (Phi) is 9.54. The van der Waals surface area contributed by atoms with E-state index in [1.165, 1.54) is 6.21 Å². The van der Waals surface area contributed by atoms with E-state index in [0.29, 0.717) is 24.4 Å². The molecule has 38 heavy (non-hydrogen) atoms.